The van der Waals surface area contributed by atoms with Gasteiger partial charge in [-0.2, -0.15) is 4.31 Å². The van der Waals surface area contributed by atoms with Gasteiger partial charge in [0.15, 0.2) is 0 Å². The molecule has 0 spiro atoms. The second kappa shape index (κ2) is 8.32. The van der Waals surface area contributed by atoms with Crippen molar-refractivity contribution >= 4 is 21.6 Å². The number of nitrogens with zero attached hydrogens (tertiary/aromatic N) is 2. The van der Waals surface area contributed by atoms with E-state index in [2.05, 4.69) is 5.32 Å². The third kappa shape index (κ3) is 4.45. The van der Waals surface area contributed by atoms with Crippen LogP contribution in [-0.4, -0.2) is 55.4 Å². The van der Waals surface area contributed by atoms with Gasteiger partial charge in [-0.15, -0.1) is 0 Å². The van der Waals surface area contributed by atoms with Crippen LogP contribution in [0.1, 0.15) is 32.1 Å². The number of amides is 1. The molecule has 9 nitrogen and oxygen atoms in total. The largest absolute Gasteiger partial charge is 0.376 e. The zero-order valence-electron chi connectivity index (χ0n) is 14.9. The summed E-state index contributed by atoms with van der Waals surface area (Å²) in [6.07, 6.45) is 3.72. The number of rotatable bonds is 6. The predicted octanol–water partition coefficient (Wildman–Crippen LogP) is 1.43. The number of nitro groups is 1. The highest BCUT2D eigenvalue weighted by atomic mass is 32.2. The number of hydrogen-bond acceptors (Lipinski definition) is 6. The molecule has 0 saturated carbocycles. The van der Waals surface area contributed by atoms with Gasteiger partial charge in [-0.3, -0.25) is 14.9 Å². The van der Waals surface area contributed by atoms with Crippen molar-refractivity contribution in [2.24, 2.45) is 0 Å². The minimum absolute atomic E-state index is 0.0164. The normalized spacial score (nSPS) is 23.9. The average molecular weight is 397 g/mol. The van der Waals surface area contributed by atoms with E-state index in [9.17, 15) is 23.3 Å². The molecule has 1 N–H and O–H groups in total. The highest BCUT2D eigenvalue weighted by Gasteiger charge is 2.38. The lowest BCUT2D eigenvalue weighted by Crippen LogP contribution is -2.52. The summed E-state index contributed by atoms with van der Waals surface area (Å²) in [6, 6.07) is 3.96. The molecule has 2 atom stereocenters. The van der Waals surface area contributed by atoms with Crippen molar-refractivity contribution in [2.45, 2.75) is 49.1 Å². The van der Waals surface area contributed by atoms with Crippen molar-refractivity contribution in [2.75, 3.05) is 19.7 Å². The maximum atomic E-state index is 13.0. The molecule has 0 unspecified atom stereocenters. The second-order valence-electron chi connectivity index (χ2n) is 6.76. The Morgan fingerprint density at radius 2 is 1.96 bits per heavy atom. The molecule has 2 fully saturated rings. The number of nitrogens with one attached hydrogen (secondary N) is 1. The first-order chi connectivity index (χ1) is 12.9. The molecule has 1 aromatic rings. The number of piperidine rings is 1. The molecule has 0 bridgehead atoms. The SMILES string of the molecule is O=C(NC[C@@H]1CCCO1)[C@H]1CCCCN1S(=O)(=O)c1ccc([N+](=O)[O-])cc1. The lowest BCUT2D eigenvalue weighted by atomic mass is 10.0. The fraction of sp³-hybridized carbons (Fsp3) is 0.588. The predicted molar refractivity (Wildman–Crippen MR) is 96.6 cm³/mol. The van der Waals surface area contributed by atoms with E-state index in [1.165, 1.54) is 16.4 Å². The molecule has 1 amide bonds. The van der Waals surface area contributed by atoms with Crippen LogP contribution in [-0.2, 0) is 19.6 Å². The smallest absolute Gasteiger partial charge is 0.269 e. The van der Waals surface area contributed by atoms with Gasteiger partial charge in [0.05, 0.1) is 15.9 Å². The quantitative estimate of drug-likeness (QED) is 0.573. The van der Waals surface area contributed by atoms with Crippen molar-refractivity contribution in [3.8, 4) is 0 Å². The van der Waals surface area contributed by atoms with E-state index in [1.807, 2.05) is 0 Å². The Bertz CT molecular complexity index is 789. The summed E-state index contributed by atoms with van der Waals surface area (Å²) in [4.78, 5) is 22.8. The van der Waals surface area contributed by atoms with Crippen LogP contribution in [0.5, 0.6) is 0 Å². The fourth-order valence-corrected chi connectivity index (χ4v) is 5.12. The number of nitro benzene ring substituents is 1. The molecule has 2 aliphatic heterocycles. The number of sulfonamides is 1. The van der Waals surface area contributed by atoms with E-state index in [0.717, 1.165) is 31.4 Å². The van der Waals surface area contributed by atoms with Crippen LogP contribution in [0.15, 0.2) is 29.2 Å². The van der Waals surface area contributed by atoms with Gasteiger partial charge < -0.3 is 10.1 Å². The van der Waals surface area contributed by atoms with Crippen LogP contribution in [0.25, 0.3) is 0 Å². The van der Waals surface area contributed by atoms with Gasteiger partial charge in [0.25, 0.3) is 5.69 Å². The first kappa shape index (κ1) is 19.7. The monoisotopic (exact) mass is 397 g/mol. The zero-order valence-corrected chi connectivity index (χ0v) is 15.7. The van der Waals surface area contributed by atoms with Gasteiger partial charge in [0.1, 0.15) is 6.04 Å². The third-order valence-electron chi connectivity index (χ3n) is 4.94. The summed E-state index contributed by atoms with van der Waals surface area (Å²) in [6.45, 7) is 1.31. The lowest BCUT2D eigenvalue weighted by molar-refractivity contribution is -0.384. The lowest BCUT2D eigenvalue weighted by Gasteiger charge is -2.33. The highest BCUT2D eigenvalue weighted by Crippen LogP contribution is 2.27. The van der Waals surface area contributed by atoms with Crippen LogP contribution in [0.3, 0.4) is 0 Å². The first-order valence-electron chi connectivity index (χ1n) is 9.05. The summed E-state index contributed by atoms with van der Waals surface area (Å²) in [5.41, 5.74) is -0.182. The topological polar surface area (TPSA) is 119 Å². The van der Waals surface area contributed by atoms with Crippen molar-refractivity contribution in [3.05, 3.63) is 34.4 Å². The number of carbonyl (C=O) groups excluding carboxylic acids is 1. The molecule has 148 valence electrons. The number of benzene rings is 1. The van der Waals surface area contributed by atoms with E-state index < -0.39 is 21.0 Å². The van der Waals surface area contributed by atoms with Crippen molar-refractivity contribution < 1.29 is 22.9 Å². The van der Waals surface area contributed by atoms with Crippen LogP contribution in [0, 0.1) is 10.1 Å². The van der Waals surface area contributed by atoms with Crippen LogP contribution in [0.2, 0.25) is 0 Å². The van der Waals surface area contributed by atoms with E-state index in [0.29, 0.717) is 26.0 Å². The molecule has 0 aromatic heterocycles. The van der Waals surface area contributed by atoms with Gasteiger partial charge in [-0.1, -0.05) is 6.42 Å². The second-order valence-corrected chi connectivity index (χ2v) is 8.65. The maximum Gasteiger partial charge on any atom is 0.269 e. The van der Waals surface area contributed by atoms with Crippen LogP contribution >= 0.6 is 0 Å². The van der Waals surface area contributed by atoms with E-state index in [4.69, 9.17) is 4.74 Å². The van der Waals surface area contributed by atoms with E-state index >= 15 is 0 Å². The third-order valence-corrected chi connectivity index (χ3v) is 6.86. The standard InChI is InChI=1S/C17H23N3O6S/c21-17(18-12-14-4-3-11-26-14)16-5-1-2-10-19(16)27(24,25)15-8-6-13(7-9-15)20(22)23/h6-9,14,16H,1-5,10-12H2,(H,18,21)/t14-,16+/m0/s1. The molecule has 0 radical (unpaired) electrons. The Hall–Kier alpha value is -2.04. The van der Waals surface area contributed by atoms with E-state index in [-0.39, 0.29) is 29.1 Å². The van der Waals surface area contributed by atoms with Gasteiger partial charge in [-0.05, 0) is 37.8 Å². The molecule has 27 heavy (non-hydrogen) atoms. The van der Waals surface area contributed by atoms with Crippen LogP contribution < -0.4 is 5.32 Å². The number of non-ortho nitro benzene ring substituents is 1. The average Bonchev–Trinajstić information content (AvgIpc) is 3.20. The molecule has 2 heterocycles. The number of ether oxygens (including phenoxy) is 1. The van der Waals surface area contributed by atoms with Crippen molar-refractivity contribution in [1.29, 1.82) is 0 Å². The fourth-order valence-electron chi connectivity index (χ4n) is 3.47. The van der Waals surface area contributed by atoms with Gasteiger partial charge in [0.2, 0.25) is 15.9 Å². The molecule has 10 heteroatoms. The van der Waals surface area contributed by atoms with Gasteiger partial charge >= 0.3 is 0 Å². The molecule has 2 saturated heterocycles. The molecular weight excluding hydrogens is 374 g/mol. The van der Waals surface area contributed by atoms with Crippen molar-refractivity contribution in [3.63, 3.8) is 0 Å². The highest BCUT2D eigenvalue weighted by molar-refractivity contribution is 7.89. The van der Waals surface area contributed by atoms with E-state index in [1.54, 1.807) is 0 Å². The molecule has 0 aliphatic carbocycles. The minimum atomic E-state index is -3.92. The molecule has 3 rings (SSSR count). The molecule has 2 aliphatic rings. The summed E-state index contributed by atoms with van der Waals surface area (Å²) >= 11 is 0. The number of hydrogen-bond donors (Lipinski definition) is 1. The first-order valence-corrected chi connectivity index (χ1v) is 10.5. The minimum Gasteiger partial charge on any atom is -0.376 e. The van der Waals surface area contributed by atoms with Gasteiger partial charge in [0, 0.05) is 31.8 Å². The van der Waals surface area contributed by atoms with Crippen molar-refractivity contribution in [1.82, 2.24) is 9.62 Å². The summed E-state index contributed by atoms with van der Waals surface area (Å²) in [5, 5.41) is 13.6. The Morgan fingerprint density at radius 3 is 2.59 bits per heavy atom. The Morgan fingerprint density at radius 1 is 1.22 bits per heavy atom. The Kier molecular flexibility index (Phi) is 6.08. The Labute approximate surface area is 157 Å². The number of carbonyl (C=O) groups is 1. The van der Waals surface area contributed by atoms with Gasteiger partial charge in [-0.25, -0.2) is 8.42 Å². The molecule has 1 aromatic carbocycles. The maximum absolute atomic E-state index is 13.0. The molecular formula is C17H23N3O6S. The zero-order chi connectivity index (χ0) is 19.4. The Balaban J connectivity index is 1.74. The summed E-state index contributed by atoms with van der Waals surface area (Å²) in [7, 11) is -3.92. The summed E-state index contributed by atoms with van der Waals surface area (Å²) < 4.78 is 32.7. The van der Waals surface area contributed by atoms with Crippen LogP contribution in [0.4, 0.5) is 5.69 Å². The summed E-state index contributed by atoms with van der Waals surface area (Å²) in [5.74, 6) is -0.323.